The zero-order valence-electron chi connectivity index (χ0n) is 11.6. The van der Waals surface area contributed by atoms with Crippen LogP contribution in [0.4, 0.5) is 0 Å². The summed E-state index contributed by atoms with van der Waals surface area (Å²) in [4.78, 5) is 2.45. The van der Waals surface area contributed by atoms with Gasteiger partial charge in [0.25, 0.3) is 0 Å². The Labute approximate surface area is 101 Å². The van der Waals surface area contributed by atoms with Gasteiger partial charge in [0, 0.05) is 6.54 Å². The lowest BCUT2D eigenvalue weighted by molar-refractivity contribution is 0.00737. The molecule has 0 aromatic carbocycles. The first kappa shape index (κ1) is 14.0. The van der Waals surface area contributed by atoms with Crippen LogP contribution in [0.25, 0.3) is 0 Å². The third-order valence-electron chi connectivity index (χ3n) is 3.80. The predicted molar refractivity (Wildman–Crippen MR) is 69.6 cm³/mol. The molecule has 1 N–H and O–H groups in total. The highest BCUT2D eigenvalue weighted by molar-refractivity contribution is 4.84. The third-order valence-corrected chi connectivity index (χ3v) is 3.80. The number of hydrogen-bond donors (Lipinski definition) is 1. The van der Waals surface area contributed by atoms with Crippen molar-refractivity contribution in [3.8, 4) is 0 Å². The summed E-state index contributed by atoms with van der Waals surface area (Å²) in [6, 6.07) is 0. The van der Waals surface area contributed by atoms with Crippen molar-refractivity contribution >= 4 is 0 Å². The first-order valence-electron chi connectivity index (χ1n) is 6.79. The van der Waals surface area contributed by atoms with Gasteiger partial charge >= 0.3 is 0 Å². The maximum absolute atomic E-state index is 10.6. The van der Waals surface area contributed by atoms with Gasteiger partial charge in [-0.15, -0.1) is 0 Å². The van der Waals surface area contributed by atoms with Crippen molar-refractivity contribution in [3.63, 3.8) is 0 Å². The van der Waals surface area contributed by atoms with E-state index < -0.39 is 5.60 Å². The van der Waals surface area contributed by atoms with Crippen LogP contribution in [0.3, 0.4) is 0 Å². The van der Waals surface area contributed by atoms with Crippen LogP contribution in [0.5, 0.6) is 0 Å². The van der Waals surface area contributed by atoms with Gasteiger partial charge in [-0.05, 0) is 50.6 Å². The van der Waals surface area contributed by atoms with Gasteiger partial charge in [0.05, 0.1) is 5.60 Å². The highest BCUT2D eigenvalue weighted by atomic mass is 16.3. The molecule has 1 aliphatic heterocycles. The third kappa shape index (κ3) is 4.84. The van der Waals surface area contributed by atoms with Crippen LogP contribution in [0.15, 0.2) is 0 Å². The minimum Gasteiger partial charge on any atom is -0.390 e. The van der Waals surface area contributed by atoms with Gasteiger partial charge in [-0.2, -0.15) is 0 Å². The number of rotatable bonds is 3. The second-order valence-corrected chi connectivity index (χ2v) is 6.57. The van der Waals surface area contributed by atoms with Crippen LogP contribution in [0, 0.1) is 5.41 Å². The molecule has 0 aromatic heterocycles. The summed E-state index contributed by atoms with van der Waals surface area (Å²) in [7, 11) is 0. The molecular formula is C14H29NO. The topological polar surface area (TPSA) is 23.5 Å². The van der Waals surface area contributed by atoms with E-state index >= 15 is 0 Å². The van der Waals surface area contributed by atoms with Crippen molar-refractivity contribution < 1.29 is 5.11 Å². The SMILES string of the molecule is CCN1CCCC(O)(CCC(C)(C)C)CC1. The summed E-state index contributed by atoms with van der Waals surface area (Å²) in [5, 5.41) is 10.6. The summed E-state index contributed by atoms with van der Waals surface area (Å²) < 4.78 is 0. The van der Waals surface area contributed by atoms with Gasteiger partial charge in [0.2, 0.25) is 0 Å². The van der Waals surface area contributed by atoms with Gasteiger partial charge in [0.15, 0.2) is 0 Å². The Bertz CT molecular complexity index is 209. The van der Waals surface area contributed by atoms with E-state index in [1.165, 1.54) is 0 Å². The van der Waals surface area contributed by atoms with E-state index in [9.17, 15) is 5.11 Å². The van der Waals surface area contributed by atoms with Crippen LogP contribution in [0.2, 0.25) is 0 Å². The molecule has 2 nitrogen and oxygen atoms in total. The van der Waals surface area contributed by atoms with E-state index in [0.717, 1.165) is 51.7 Å². The fraction of sp³-hybridized carbons (Fsp3) is 1.00. The van der Waals surface area contributed by atoms with Crippen LogP contribution >= 0.6 is 0 Å². The van der Waals surface area contributed by atoms with Gasteiger partial charge in [-0.3, -0.25) is 0 Å². The summed E-state index contributed by atoms with van der Waals surface area (Å²) in [6.07, 6.45) is 5.18. The van der Waals surface area contributed by atoms with Crippen molar-refractivity contribution in [3.05, 3.63) is 0 Å². The van der Waals surface area contributed by atoms with Crippen molar-refractivity contribution in [2.45, 2.75) is 65.4 Å². The van der Waals surface area contributed by atoms with E-state index in [0.29, 0.717) is 5.41 Å². The Morgan fingerprint density at radius 2 is 1.88 bits per heavy atom. The molecule has 96 valence electrons. The standard InChI is InChI=1S/C14H29NO/c1-5-15-11-6-7-14(16,10-12-15)9-8-13(2,3)4/h16H,5-12H2,1-4H3. The van der Waals surface area contributed by atoms with E-state index in [1.54, 1.807) is 0 Å². The Morgan fingerprint density at radius 1 is 1.19 bits per heavy atom. The van der Waals surface area contributed by atoms with Crippen LogP contribution in [-0.4, -0.2) is 35.2 Å². The van der Waals surface area contributed by atoms with Crippen molar-refractivity contribution in [2.75, 3.05) is 19.6 Å². The normalized spacial score (nSPS) is 29.1. The van der Waals surface area contributed by atoms with Crippen LogP contribution in [0.1, 0.15) is 59.8 Å². The molecule has 0 saturated carbocycles. The van der Waals surface area contributed by atoms with E-state index in [-0.39, 0.29) is 0 Å². The molecule has 0 radical (unpaired) electrons. The first-order chi connectivity index (χ1) is 7.35. The largest absolute Gasteiger partial charge is 0.390 e. The number of hydrogen-bond acceptors (Lipinski definition) is 2. The van der Waals surface area contributed by atoms with Gasteiger partial charge in [-0.25, -0.2) is 0 Å². The minimum atomic E-state index is -0.392. The lowest BCUT2D eigenvalue weighted by atomic mass is 9.82. The minimum absolute atomic E-state index is 0.340. The van der Waals surface area contributed by atoms with E-state index in [2.05, 4.69) is 32.6 Å². The zero-order valence-corrected chi connectivity index (χ0v) is 11.6. The molecule has 1 aliphatic rings. The highest BCUT2D eigenvalue weighted by Crippen LogP contribution is 2.32. The number of aliphatic hydroxyl groups is 1. The quantitative estimate of drug-likeness (QED) is 0.801. The molecule has 0 aliphatic carbocycles. The molecule has 0 aromatic rings. The Balaban J connectivity index is 2.44. The number of nitrogens with zero attached hydrogens (tertiary/aromatic N) is 1. The molecule has 0 amide bonds. The van der Waals surface area contributed by atoms with E-state index in [4.69, 9.17) is 0 Å². The molecule has 16 heavy (non-hydrogen) atoms. The monoisotopic (exact) mass is 227 g/mol. The second-order valence-electron chi connectivity index (χ2n) is 6.57. The molecule has 0 spiro atoms. The Hall–Kier alpha value is -0.0800. The maximum atomic E-state index is 10.6. The van der Waals surface area contributed by atoms with Gasteiger partial charge < -0.3 is 10.0 Å². The maximum Gasteiger partial charge on any atom is 0.0660 e. The average molecular weight is 227 g/mol. The molecule has 1 heterocycles. The van der Waals surface area contributed by atoms with Gasteiger partial charge in [0.1, 0.15) is 0 Å². The van der Waals surface area contributed by atoms with Crippen molar-refractivity contribution in [1.29, 1.82) is 0 Å². The predicted octanol–water partition coefficient (Wildman–Crippen LogP) is 3.05. The molecule has 1 rings (SSSR count). The fourth-order valence-electron chi connectivity index (χ4n) is 2.41. The smallest absolute Gasteiger partial charge is 0.0660 e. The molecule has 1 fully saturated rings. The molecule has 0 bridgehead atoms. The molecule has 1 unspecified atom stereocenters. The van der Waals surface area contributed by atoms with Crippen molar-refractivity contribution in [1.82, 2.24) is 4.90 Å². The van der Waals surface area contributed by atoms with Crippen LogP contribution in [-0.2, 0) is 0 Å². The number of likely N-dealkylation sites (tertiary alicyclic amines) is 1. The summed E-state index contributed by atoms with van der Waals surface area (Å²) in [6.45, 7) is 12.3. The Morgan fingerprint density at radius 3 is 2.44 bits per heavy atom. The zero-order chi connectivity index (χ0) is 12.2. The molecular weight excluding hydrogens is 198 g/mol. The second kappa shape index (κ2) is 5.50. The molecule has 2 heteroatoms. The van der Waals surface area contributed by atoms with E-state index in [1.807, 2.05) is 0 Å². The summed E-state index contributed by atoms with van der Waals surface area (Å²) >= 11 is 0. The lowest BCUT2D eigenvalue weighted by Gasteiger charge is -2.30. The summed E-state index contributed by atoms with van der Waals surface area (Å²) in [5.74, 6) is 0. The average Bonchev–Trinajstić information content (AvgIpc) is 2.37. The van der Waals surface area contributed by atoms with Crippen molar-refractivity contribution in [2.24, 2.45) is 5.41 Å². The highest BCUT2D eigenvalue weighted by Gasteiger charge is 2.30. The first-order valence-corrected chi connectivity index (χ1v) is 6.79. The fourth-order valence-corrected chi connectivity index (χ4v) is 2.41. The summed E-state index contributed by atoms with van der Waals surface area (Å²) in [5.41, 5.74) is -0.0519. The Kier molecular flexibility index (Phi) is 4.81. The van der Waals surface area contributed by atoms with Gasteiger partial charge in [-0.1, -0.05) is 27.7 Å². The molecule has 1 atom stereocenters. The lowest BCUT2D eigenvalue weighted by Crippen LogP contribution is -2.32. The van der Waals surface area contributed by atoms with Crippen LogP contribution < -0.4 is 0 Å². The molecule has 1 saturated heterocycles.